The van der Waals surface area contributed by atoms with E-state index in [0.717, 1.165) is 50.3 Å². The van der Waals surface area contributed by atoms with Gasteiger partial charge in [-0.2, -0.15) is 13.2 Å². The van der Waals surface area contributed by atoms with Crippen LogP contribution in [0.15, 0.2) is 48.5 Å². The van der Waals surface area contributed by atoms with Crippen molar-refractivity contribution in [2.24, 2.45) is 5.92 Å². The lowest BCUT2D eigenvalue weighted by molar-refractivity contribution is -0.138. The number of hydrogen-bond donors (Lipinski definition) is 0. The summed E-state index contributed by atoms with van der Waals surface area (Å²) in [6, 6.07) is 13.6. The number of likely N-dealkylation sites (N-methyl/N-ethyl adjacent to an activating group) is 1. The number of alkyl halides is 3. The van der Waals surface area contributed by atoms with E-state index in [2.05, 4.69) is 9.80 Å². The Kier molecular flexibility index (Phi) is 7.63. The maximum Gasteiger partial charge on any atom is 0.416 e. The van der Waals surface area contributed by atoms with Gasteiger partial charge in [-0.05, 0) is 55.4 Å². The number of benzene rings is 2. The molecule has 7 heteroatoms. The van der Waals surface area contributed by atoms with Crippen LogP contribution in [0.25, 0.3) is 0 Å². The highest BCUT2D eigenvalue weighted by atomic mass is 19.4. The summed E-state index contributed by atoms with van der Waals surface area (Å²) in [7, 11) is 1.75. The zero-order chi connectivity index (χ0) is 24.3. The third-order valence-electron chi connectivity index (χ3n) is 6.91. The lowest BCUT2D eigenvalue weighted by Crippen LogP contribution is -2.51. The number of halogens is 3. The molecule has 0 N–H and O–H groups in total. The molecule has 0 aromatic heterocycles. The Labute approximate surface area is 200 Å². The molecule has 1 atom stereocenters. The Balaban J connectivity index is 1.43. The molecule has 2 aromatic rings. The van der Waals surface area contributed by atoms with Gasteiger partial charge in [-0.25, -0.2) is 0 Å². The molecule has 1 aliphatic carbocycles. The fraction of sp³-hybridized carbons (Fsp3) is 0.519. The second-order valence-electron chi connectivity index (χ2n) is 9.81. The summed E-state index contributed by atoms with van der Waals surface area (Å²) >= 11 is 0. The van der Waals surface area contributed by atoms with E-state index in [0.29, 0.717) is 24.1 Å². The highest BCUT2D eigenvalue weighted by Crippen LogP contribution is 2.32. The van der Waals surface area contributed by atoms with Gasteiger partial charge >= 0.3 is 6.18 Å². The van der Waals surface area contributed by atoms with E-state index in [1.165, 1.54) is 18.9 Å². The largest absolute Gasteiger partial charge is 0.416 e. The van der Waals surface area contributed by atoms with Gasteiger partial charge in [-0.1, -0.05) is 42.0 Å². The molecule has 4 nitrogen and oxygen atoms in total. The van der Waals surface area contributed by atoms with Crippen molar-refractivity contribution in [1.29, 1.82) is 0 Å². The van der Waals surface area contributed by atoms with Gasteiger partial charge in [0.2, 0.25) is 5.91 Å². The third-order valence-corrected chi connectivity index (χ3v) is 6.91. The van der Waals surface area contributed by atoms with Crippen molar-refractivity contribution in [3.05, 3.63) is 70.8 Å². The number of aryl methyl sites for hydroxylation is 1. The van der Waals surface area contributed by atoms with Crippen LogP contribution in [0.3, 0.4) is 0 Å². The van der Waals surface area contributed by atoms with Crippen molar-refractivity contribution >= 4 is 5.91 Å². The summed E-state index contributed by atoms with van der Waals surface area (Å²) in [5.41, 5.74) is 1.49. The summed E-state index contributed by atoms with van der Waals surface area (Å²) < 4.78 is 39.6. The van der Waals surface area contributed by atoms with Crippen LogP contribution in [0.1, 0.15) is 41.1 Å². The Bertz CT molecular complexity index is 967. The Morgan fingerprint density at radius 1 is 1.06 bits per heavy atom. The lowest BCUT2D eigenvalue weighted by atomic mass is 10.0. The summed E-state index contributed by atoms with van der Waals surface area (Å²) in [6.07, 6.45) is -1.32. The van der Waals surface area contributed by atoms with Crippen molar-refractivity contribution in [1.82, 2.24) is 14.7 Å². The molecule has 1 heterocycles. The van der Waals surface area contributed by atoms with Crippen LogP contribution in [0.2, 0.25) is 0 Å². The number of nitrogens with zero attached hydrogens (tertiary/aromatic N) is 3. The van der Waals surface area contributed by atoms with Crippen LogP contribution in [0, 0.1) is 12.8 Å². The molecule has 1 saturated heterocycles. The molecule has 1 saturated carbocycles. The van der Waals surface area contributed by atoms with E-state index in [4.69, 9.17) is 0 Å². The molecule has 1 unspecified atom stereocenters. The molecule has 0 spiro atoms. The number of hydrogen-bond acceptors (Lipinski definition) is 3. The highest BCUT2D eigenvalue weighted by molar-refractivity contribution is 5.83. The zero-order valence-corrected chi connectivity index (χ0v) is 20.0. The quantitative estimate of drug-likeness (QED) is 0.552. The van der Waals surface area contributed by atoms with E-state index in [1.54, 1.807) is 24.9 Å². The Hall–Kier alpha value is -2.38. The van der Waals surface area contributed by atoms with Crippen molar-refractivity contribution in [2.45, 2.75) is 38.4 Å². The molecule has 4 rings (SSSR count). The van der Waals surface area contributed by atoms with Crippen LogP contribution in [-0.2, 0) is 17.4 Å². The molecule has 2 aromatic carbocycles. The molecule has 0 radical (unpaired) electrons. The maximum absolute atomic E-state index is 13.6. The van der Waals surface area contributed by atoms with E-state index in [1.807, 2.05) is 30.3 Å². The number of amides is 1. The van der Waals surface area contributed by atoms with Crippen molar-refractivity contribution in [3.63, 3.8) is 0 Å². The van der Waals surface area contributed by atoms with Gasteiger partial charge in [0.15, 0.2) is 0 Å². The SMILES string of the molecule is Cc1cc(CCN(C)C(=O)C(c2ccccc2)N2CCN(CC3CC3)CC2)cc(C(F)(F)F)c1. The van der Waals surface area contributed by atoms with E-state index >= 15 is 0 Å². The number of rotatable bonds is 8. The average molecular weight is 474 g/mol. The predicted molar refractivity (Wildman–Crippen MR) is 127 cm³/mol. The van der Waals surface area contributed by atoms with E-state index < -0.39 is 11.7 Å². The van der Waals surface area contributed by atoms with Crippen molar-refractivity contribution in [2.75, 3.05) is 46.3 Å². The molecule has 1 aliphatic heterocycles. The van der Waals surface area contributed by atoms with Crippen LogP contribution in [0.5, 0.6) is 0 Å². The van der Waals surface area contributed by atoms with E-state index in [9.17, 15) is 18.0 Å². The van der Waals surface area contributed by atoms with Gasteiger partial charge in [0.05, 0.1) is 5.56 Å². The summed E-state index contributed by atoms with van der Waals surface area (Å²) in [5.74, 6) is 0.842. The molecule has 2 aliphatic rings. The Morgan fingerprint density at radius 2 is 1.74 bits per heavy atom. The van der Waals surface area contributed by atoms with Crippen molar-refractivity contribution < 1.29 is 18.0 Å². The monoisotopic (exact) mass is 473 g/mol. The maximum atomic E-state index is 13.6. The minimum Gasteiger partial charge on any atom is -0.344 e. The number of carbonyl (C=O) groups is 1. The fourth-order valence-corrected chi connectivity index (χ4v) is 4.80. The van der Waals surface area contributed by atoms with Gasteiger partial charge in [0, 0.05) is 46.3 Å². The van der Waals surface area contributed by atoms with Gasteiger partial charge < -0.3 is 9.80 Å². The molecule has 184 valence electrons. The van der Waals surface area contributed by atoms with E-state index in [-0.39, 0.29) is 11.9 Å². The molecule has 34 heavy (non-hydrogen) atoms. The summed E-state index contributed by atoms with van der Waals surface area (Å²) in [5, 5.41) is 0. The van der Waals surface area contributed by atoms with Gasteiger partial charge in [0.25, 0.3) is 0 Å². The molecule has 1 amide bonds. The average Bonchev–Trinajstić information content (AvgIpc) is 3.62. The van der Waals surface area contributed by atoms with Crippen LogP contribution in [0.4, 0.5) is 13.2 Å². The van der Waals surface area contributed by atoms with Gasteiger partial charge in [-0.3, -0.25) is 9.69 Å². The topological polar surface area (TPSA) is 26.8 Å². The smallest absolute Gasteiger partial charge is 0.344 e. The minimum absolute atomic E-state index is 0.00876. The lowest BCUT2D eigenvalue weighted by Gasteiger charge is -2.40. The standard InChI is InChI=1S/C27H34F3N3O/c1-20-16-22(18-24(17-20)27(28,29)30)10-11-31(2)26(34)25(23-6-4-3-5-7-23)33-14-12-32(13-15-33)19-21-8-9-21/h3-7,16-18,21,25H,8-15,19H2,1-2H3. The van der Waals surface area contributed by atoms with Gasteiger partial charge in [-0.15, -0.1) is 0 Å². The summed E-state index contributed by atoms with van der Waals surface area (Å²) in [6.45, 7) is 6.78. The van der Waals surface area contributed by atoms with Crippen LogP contribution >= 0.6 is 0 Å². The molecule has 0 bridgehead atoms. The first-order chi connectivity index (χ1) is 16.2. The predicted octanol–water partition coefficient (Wildman–Crippen LogP) is 4.78. The van der Waals surface area contributed by atoms with Crippen LogP contribution < -0.4 is 0 Å². The van der Waals surface area contributed by atoms with Crippen molar-refractivity contribution in [3.8, 4) is 0 Å². The molecule has 2 fully saturated rings. The first-order valence-electron chi connectivity index (χ1n) is 12.1. The first-order valence-corrected chi connectivity index (χ1v) is 12.1. The normalized spacial score (nSPS) is 18.6. The highest BCUT2D eigenvalue weighted by Gasteiger charge is 2.34. The Morgan fingerprint density at radius 3 is 2.35 bits per heavy atom. The molecular formula is C27H34F3N3O. The minimum atomic E-state index is -4.37. The second-order valence-corrected chi connectivity index (χ2v) is 9.81. The third kappa shape index (κ3) is 6.39. The first kappa shape index (κ1) is 24.7. The number of piperazine rings is 1. The fourth-order valence-electron chi connectivity index (χ4n) is 4.80. The summed E-state index contributed by atoms with van der Waals surface area (Å²) in [4.78, 5) is 20.0. The second kappa shape index (κ2) is 10.5. The zero-order valence-electron chi connectivity index (χ0n) is 20.0. The molecular weight excluding hydrogens is 439 g/mol. The van der Waals surface area contributed by atoms with Crippen LogP contribution in [-0.4, -0.2) is 66.9 Å². The van der Waals surface area contributed by atoms with Gasteiger partial charge in [0.1, 0.15) is 6.04 Å². The number of carbonyl (C=O) groups excluding carboxylic acids is 1.